The van der Waals surface area contributed by atoms with Crippen LogP contribution in [0.5, 0.6) is 0 Å². The van der Waals surface area contributed by atoms with Gasteiger partial charge in [0, 0.05) is 36.5 Å². The molecule has 1 aliphatic heterocycles. The van der Waals surface area contributed by atoms with E-state index in [1.807, 2.05) is 54.6 Å². The van der Waals surface area contributed by atoms with Crippen molar-refractivity contribution < 1.29 is 37.5 Å². The van der Waals surface area contributed by atoms with Crippen LogP contribution in [0.15, 0.2) is 54.6 Å². The highest BCUT2D eigenvalue weighted by atomic mass is 19.4. The molecule has 3 amide bonds. The van der Waals surface area contributed by atoms with Gasteiger partial charge in [0.25, 0.3) is 0 Å². The summed E-state index contributed by atoms with van der Waals surface area (Å²) < 4.78 is 31.7. The summed E-state index contributed by atoms with van der Waals surface area (Å²) >= 11 is 0. The molecule has 10 nitrogen and oxygen atoms in total. The van der Waals surface area contributed by atoms with Gasteiger partial charge in [-0.15, -0.1) is 0 Å². The summed E-state index contributed by atoms with van der Waals surface area (Å²) in [6.07, 6.45) is -2.01. The van der Waals surface area contributed by atoms with Gasteiger partial charge in [-0.2, -0.15) is 13.2 Å². The number of nitrogens with one attached hydrogen (secondary N) is 3. The van der Waals surface area contributed by atoms with Gasteiger partial charge < -0.3 is 31.4 Å². The lowest BCUT2D eigenvalue weighted by atomic mass is 10.0. The maximum absolute atomic E-state index is 13.8. The summed E-state index contributed by atoms with van der Waals surface area (Å²) in [5.74, 6) is -3.46. The predicted octanol–water partition coefficient (Wildman–Crippen LogP) is 3.05. The van der Waals surface area contributed by atoms with Gasteiger partial charge in [0.1, 0.15) is 12.1 Å². The quantitative estimate of drug-likeness (QED) is 0.224. The zero-order chi connectivity index (χ0) is 31.6. The number of hydrogen-bond acceptors (Lipinski definition) is 5. The van der Waals surface area contributed by atoms with E-state index in [0.717, 1.165) is 40.6 Å². The maximum Gasteiger partial charge on any atom is 0.490 e. The predicted molar refractivity (Wildman–Crippen MR) is 154 cm³/mol. The highest BCUT2D eigenvalue weighted by Crippen LogP contribution is 2.29. The molecule has 0 fully saturated rings. The van der Waals surface area contributed by atoms with E-state index in [1.54, 1.807) is 4.90 Å². The molecule has 0 bridgehead atoms. The van der Waals surface area contributed by atoms with E-state index in [0.29, 0.717) is 32.4 Å². The van der Waals surface area contributed by atoms with Gasteiger partial charge in [-0.3, -0.25) is 14.4 Å². The third kappa shape index (κ3) is 9.30. The monoisotopic (exact) mass is 603 g/mol. The van der Waals surface area contributed by atoms with Crippen LogP contribution in [0.2, 0.25) is 0 Å². The average Bonchev–Trinajstić information content (AvgIpc) is 3.24. The SMILES string of the molecule is CC(=O)N[C@@H]1Cc2c([nH]c3ccccc23)CN([C@@H](CCCCN)C(=O)NCCc2ccccc2)C1=O.O=C(O)C(F)(F)F. The van der Waals surface area contributed by atoms with E-state index in [-0.39, 0.29) is 24.3 Å². The van der Waals surface area contributed by atoms with Crippen LogP contribution in [0.1, 0.15) is 43.0 Å². The molecule has 2 atom stereocenters. The Morgan fingerprint density at radius 3 is 2.37 bits per heavy atom. The molecule has 0 spiro atoms. The number of aliphatic carboxylic acids is 1. The molecule has 13 heteroatoms. The number of alkyl halides is 3. The topological polar surface area (TPSA) is 158 Å². The van der Waals surface area contributed by atoms with Gasteiger partial charge in [0.05, 0.1) is 6.54 Å². The Morgan fingerprint density at radius 1 is 1.09 bits per heavy atom. The van der Waals surface area contributed by atoms with Crippen LogP contribution in [-0.4, -0.2) is 70.0 Å². The number of amides is 3. The molecule has 232 valence electrons. The number of halogens is 3. The minimum Gasteiger partial charge on any atom is -0.475 e. The number of rotatable bonds is 10. The first-order chi connectivity index (χ1) is 20.4. The Morgan fingerprint density at radius 2 is 1.74 bits per heavy atom. The van der Waals surface area contributed by atoms with Crippen molar-refractivity contribution in [1.29, 1.82) is 0 Å². The maximum atomic E-state index is 13.8. The Kier molecular flexibility index (Phi) is 11.7. The minimum absolute atomic E-state index is 0.183. The standard InChI is InChI=1S/C28H35N5O3.C2HF3O2/c1-19(34)31-24-17-22-21-11-5-6-12-23(21)32-25(22)18-33(28(24)36)26(13-7-8-15-29)27(35)30-16-14-20-9-3-2-4-10-20;3-2(4,5)1(6)7/h2-6,9-12,24,26,32H,7-8,13-18,29H2,1H3,(H,30,35)(H,31,34);(H,6,7)/t24-,26+;/m1./s1. The molecule has 3 aromatic rings. The minimum atomic E-state index is -5.08. The van der Waals surface area contributed by atoms with Crippen molar-refractivity contribution in [3.05, 3.63) is 71.4 Å². The van der Waals surface area contributed by atoms with Crippen LogP contribution >= 0.6 is 0 Å². The molecule has 0 saturated carbocycles. The zero-order valence-corrected chi connectivity index (χ0v) is 23.7. The van der Waals surface area contributed by atoms with Gasteiger partial charge in [-0.05, 0) is 49.4 Å². The summed E-state index contributed by atoms with van der Waals surface area (Å²) in [5.41, 5.74) is 9.74. The second-order valence-corrected chi connectivity index (χ2v) is 10.2. The molecule has 0 saturated heterocycles. The van der Waals surface area contributed by atoms with E-state index in [4.69, 9.17) is 15.6 Å². The average molecular weight is 604 g/mol. The summed E-state index contributed by atoms with van der Waals surface area (Å²) in [7, 11) is 0. The van der Waals surface area contributed by atoms with Crippen molar-refractivity contribution in [2.45, 2.75) is 63.8 Å². The molecular formula is C30H36F3N5O5. The van der Waals surface area contributed by atoms with E-state index in [9.17, 15) is 27.6 Å². The normalized spacial score (nSPS) is 15.5. The fourth-order valence-electron chi connectivity index (χ4n) is 4.99. The van der Waals surface area contributed by atoms with Gasteiger partial charge in [-0.1, -0.05) is 48.5 Å². The zero-order valence-electron chi connectivity index (χ0n) is 23.7. The number of carboxylic acid groups (broad SMARTS) is 1. The molecule has 1 aliphatic rings. The van der Waals surface area contributed by atoms with Gasteiger partial charge in [0.15, 0.2) is 0 Å². The van der Waals surface area contributed by atoms with Crippen LogP contribution in [-0.2, 0) is 38.6 Å². The summed E-state index contributed by atoms with van der Waals surface area (Å²) in [4.78, 5) is 53.2. The van der Waals surface area contributed by atoms with Crippen LogP contribution < -0.4 is 16.4 Å². The first-order valence-electron chi connectivity index (χ1n) is 13.9. The number of aromatic amines is 1. The molecule has 6 N–H and O–H groups in total. The molecule has 0 aliphatic carbocycles. The molecule has 1 aromatic heterocycles. The number of carboxylic acids is 1. The Labute approximate surface area is 246 Å². The molecule has 0 radical (unpaired) electrons. The molecule has 4 rings (SSSR count). The number of benzene rings is 2. The number of carbonyl (C=O) groups excluding carboxylic acids is 3. The van der Waals surface area contributed by atoms with E-state index >= 15 is 0 Å². The van der Waals surface area contributed by atoms with Crippen LogP contribution in [0.25, 0.3) is 10.9 Å². The number of hydrogen-bond donors (Lipinski definition) is 5. The Bertz CT molecular complexity index is 1410. The fraction of sp³-hybridized carbons (Fsp3) is 0.400. The van der Waals surface area contributed by atoms with E-state index in [1.165, 1.54) is 6.92 Å². The third-order valence-corrected chi connectivity index (χ3v) is 7.01. The van der Waals surface area contributed by atoms with Crippen molar-refractivity contribution >= 4 is 34.6 Å². The highest BCUT2D eigenvalue weighted by Gasteiger charge is 2.39. The van der Waals surface area contributed by atoms with Gasteiger partial charge in [0.2, 0.25) is 17.7 Å². The molecule has 2 aromatic carbocycles. The fourth-order valence-corrected chi connectivity index (χ4v) is 4.99. The number of aromatic nitrogens is 1. The van der Waals surface area contributed by atoms with Crippen molar-refractivity contribution in [3.8, 4) is 0 Å². The summed E-state index contributed by atoms with van der Waals surface area (Å²) in [5, 5.41) is 14.0. The van der Waals surface area contributed by atoms with Crippen molar-refractivity contribution in [3.63, 3.8) is 0 Å². The van der Waals surface area contributed by atoms with E-state index < -0.39 is 24.2 Å². The lowest BCUT2D eigenvalue weighted by Crippen LogP contribution is -2.55. The summed E-state index contributed by atoms with van der Waals surface area (Å²) in [6.45, 7) is 2.69. The smallest absolute Gasteiger partial charge is 0.475 e. The number of H-pyrrole nitrogens is 1. The Hall–Kier alpha value is -4.39. The number of para-hydroxylation sites is 1. The lowest BCUT2D eigenvalue weighted by molar-refractivity contribution is -0.192. The highest BCUT2D eigenvalue weighted by molar-refractivity contribution is 5.94. The summed E-state index contributed by atoms with van der Waals surface area (Å²) in [6, 6.07) is 16.5. The van der Waals surface area contributed by atoms with E-state index in [2.05, 4.69) is 15.6 Å². The van der Waals surface area contributed by atoms with Gasteiger partial charge in [-0.25, -0.2) is 4.79 Å². The van der Waals surface area contributed by atoms with Crippen LogP contribution in [0, 0.1) is 0 Å². The number of nitrogens with zero attached hydrogens (tertiary/aromatic N) is 1. The van der Waals surface area contributed by atoms with Crippen LogP contribution in [0.4, 0.5) is 13.2 Å². The molecule has 0 unspecified atom stereocenters. The Balaban J connectivity index is 0.000000646. The van der Waals surface area contributed by atoms with Crippen LogP contribution in [0.3, 0.4) is 0 Å². The van der Waals surface area contributed by atoms with Gasteiger partial charge >= 0.3 is 12.1 Å². The number of fused-ring (bicyclic) bond motifs is 3. The third-order valence-electron chi connectivity index (χ3n) is 7.01. The van der Waals surface area contributed by atoms with Crippen molar-refractivity contribution in [2.24, 2.45) is 5.73 Å². The first-order valence-corrected chi connectivity index (χ1v) is 13.9. The number of nitrogens with two attached hydrogens (primary N) is 1. The lowest BCUT2D eigenvalue weighted by Gasteiger charge is -2.32. The molecule has 2 heterocycles. The second-order valence-electron chi connectivity index (χ2n) is 10.2. The molecular weight excluding hydrogens is 567 g/mol. The van der Waals surface area contributed by atoms with Crippen molar-refractivity contribution in [1.82, 2.24) is 20.5 Å². The van der Waals surface area contributed by atoms with Crippen molar-refractivity contribution in [2.75, 3.05) is 13.1 Å². The first kappa shape index (κ1) is 33.1. The number of unbranched alkanes of at least 4 members (excludes halogenated alkanes) is 1. The second kappa shape index (κ2) is 15.2. The molecule has 43 heavy (non-hydrogen) atoms. The number of carbonyl (C=O) groups is 4. The largest absolute Gasteiger partial charge is 0.490 e.